The summed E-state index contributed by atoms with van der Waals surface area (Å²) in [5, 5.41) is 2.96. The highest BCUT2D eigenvalue weighted by Crippen LogP contribution is 2.19. The first-order chi connectivity index (χ1) is 11.7. The second-order valence-electron chi connectivity index (χ2n) is 5.33. The fourth-order valence-electron chi connectivity index (χ4n) is 2.47. The maximum Gasteiger partial charge on any atom is 0.250 e. The molecule has 0 aliphatic rings. The summed E-state index contributed by atoms with van der Waals surface area (Å²) in [7, 11) is 0. The predicted molar refractivity (Wildman–Crippen MR) is 91.4 cm³/mol. The van der Waals surface area contributed by atoms with E-state index in [1.807, 2.05) is 48.5 Å². The minimum absolute atomic E-state index is 0.0319. The van der Waals surface area contributed by atoms with Crippen molar-refractivity contribution in [1.29, 1.82) is 0 Å². The largest absolute Gasteiger partial charge is 0.342 e. The van der Waals surface area contributed by atoms with Gasteiger partial charge in [-0.25, -0.2) is 0 Å². The summed E-state index contributed by atoms with van der Waals surface area (Å²) >= 11 is 0. The monoisotopic (exact) mass is 319 g/mol. The lowest BCUT2D eigenvalue weighted by atomic mass is 10.0. The Bertz CT molecular complexity index is 821. The van der Waals surface area contributed by atoms with Crippen LogP contribution < -0.4 is 10.9 Å². The van der Waals surface area contributed by atoms with Crippen LogP contribution in [-0.2, 0) is 11.3 Å². The van der Waals surface area contributed by atoms with Crippen molar-refractivity contribution in [3.8, 4) is 0 Å². The molecule has 0 aliphatic carbocycles. The van der Waals surface area contributed by atoms with Gasteiger partial charge in [-0.15, -0.1) is 0 Å². The van der Waals surface area contributed by atoms with E-state index in [2.05, 4.69) is 10.3 Å². The van der Waals surface area contributed by atoms with E-state index < -0.39 is 0 Å². The predicted octanol–water partition coefficient (Wildman–Crippen LogP) is 2.15. The molecule has 2 heterocycles. The smallest absolute Gasteiger partial charge is 0.250 e. The van der Waals surface area contributed by atoms with Gasteiger partial charge in [-0.05, 0) is 23.8 Å². The summed E-state index contributed by atoms with van der Waals surface area (Å²) in [6.07, 6.45) is 3.29. The van der Waals surface area contributed by atoms with Gasteiger partial charge >= 0.3 is 0 Å². The van der Waals surface area contributed by atoms with Crippen LogP contribution in [-0.4, -0.2) is 15.5 Å². The quantitative estimate of drug-likeness (QED) is 0.784. The van der Waals surface area contributed by atoms with Crippen molar-refractivity contribution < 1.29 is 4.79 Å². The van der Waals surface area contributed by atoms with Crippen LogP contribution in [0, 0.1) is 0 Å². The number of aromatic nitrogens is 2. The molecule has 120 valence electrons. The molecule has 0 radical (unpaired) electrons. The standard InChI is InChI=1S/C19H17N3O2/c23-17(14-22-13-7-5-11-18(22)24)21-19(15-8-2-1-3-9-15)16-10-4-6-12-20-16/h1-13,19H,14H2,(H,21,23)/t19-/m0/s1. The molecule has 5 heteroatoms. The Hall–Kier alpha value is -3.21. The number of nitrogens with zero attached hydrogens (tertiary/aromatic N) is 2. The van der Waals surface area contributed by atoms with E-state index in [-0.39, 0.29) is 24.1 Å². The fourth-order valence-corrected chi connectivity index (χ4v) is 2.47. The number of hydrogen-bond donors (Lipinski definition) is 1. The lowest BCUT2D eigenvalue weighted by molar-refractivity contribution is -0.122. The Kier molecular flexibility index (Phi) is 4.81. The van der Waals surface area contributed by atoms with E-state index in [0.717, 1.165) is 11.3 Å². The molecule has 1 aromatic carbocycles. The lowest BCUT2D eigenvalue weighted by Crippen LogP contribution is -2.35. The lowest BCUT2D eigenvalue weighted by Gasteiger charge is -2.19. The molecule has 0 bridgehead atoms. The topological polar surface area (TPSA) is 64.0 Å². The van der Waals surface area contributed by atoms with Crippen LogP contribution >= 0.6 is 0 Å². The highest BCUT2D eigenvalue weighted by Gasteiger charge is 2.18. The number of rotatable bonds is 5. The zero-order chi connectivity index (χ0) is 16.8. The molecule has 1 N–H and O–H groups in total. The molecule has 0 aliphatic heterocycles. The molecule has 0 saturated heterocycles. The Morgan fingerprint density at radius 2 is 1.75 bits per heavy atom. The molecule has 3 rings (SSSR count). The fraction of sp³-hybridized carbons (Fsp3) is 0.105. The minimum Gasteiger partial charge on any atom is -0.342 e. The van der Waals surface area contributed by atoms with E-state index in [0.29, 0.717) is 0 Å². The summed E-state index contributed by atoms with van der Waals surface area (Å²) in [5.41, 5.74) is 1.48. The summed E-state index contributed by atoms with van der Waals surface area (Å²) in [6, 6.07) is 19.7. The summed E-state index contributed by atoms with van der Waals surface area (Å²) in [6.45, 7) is -0.0319. The Morgan fingerprint density at radius 3 is 2.46 bits per heavy atom. The van der Waals surface area contributed by atoms with Crippen LogP contribution in [0.3, 0.4) is 0 Å². The van der Waals surface area contributed by atoms with Crippen molar-refractivity contribution >= 4 is 5.91 Å². The Labute approximate surface area is 139 Å². The van der Waals surface area contributed by atoms with Crippen molar-refractivity contribution in [2.45, 2.75) is 12.6 Å². The van der Waals surface area contributed by atoms with Gasteiger partial charge in [-0.1, -0.05) is 42.5 Å². The van der Waals surface area contributed by atoms with E-state index in [9.17, 15) is 9.59 Å². The first kappa shape index (κ1) is 15.7. The average Bonchev–Trinajstić information content (AvgIpc) is 2.63. The molecule has 1 amide bonds. The molecule has 5 nitrogen and oxygen atoms in total. The highest BCUT2D eigenvalue weighted by atomic mass is 16.2. The number of nitrogens with one attached hydrogen (secondary N) is 1. The Morgan fingerprint density at radius 1 is 1.00 bits per heavy atom. The van der Waals surface area contributed by atoms with Gasteiger partial charge in [0.05, 0.1) is 11.7 Å². The number of benzene rings is 1. The SMILES string of the molecule is O=C(Cn1ccccc1=O)N[C@@H](c1ccccc1)c1ccccn1. The van der Waals surface area contributed by atoms with Gasteiger partial charge < -0.3 is 9.88 Å². The van der Waals surface area contributed by atoms with Gasteiger partial charge in [0.25, 0.3) is 5.56 Å². The van der Waals surface area contributed by atoms with Gasteiger partial charge in [0, 0.05) is 18.5 Å². The summed E-state index contributed by atoms with van der Waals surface area (Å²) in [5.74, 6) is -0.247. The van der Waals surface area contributed by atoms with Crippen LogP contribution in [0.2, 0.25) is 0 Å². The molecule has 3 aromatic rings. The van der Waals surface area contributed by atoms with Gasteiger partial charge in [0.2, 0.25) is 5.91 Å². The zero-order valence-corrected chi connectivity index (χ0v) is 13.0. The first-order valence-electron chi connectivity index (χ1n) is 7.65. The summed E-state index contributed by atoms with van der Waals surface area (Å²) in [4.78, 5) is 28.5. The molecule has 1 atom stereocenters. The molecule has 0 spiro atoms. The van der Waals surface area contributed by atoms with E-state index in [1.165, 1.54) is 10.6 Å². The number of hydrogen-bond acceptors (Lipinski definition) is 3. The molecular formula is C19H17N3O2. The zero-order valence-electron chi connectivity index (χ0n) is 13.0. The van der Waals surface area contributed by atoms with Crippen LogP contribution in [0.1, 0.15) is 17.3 Å². The minimum atomic E-state index is -0.362. The number of pyridine rings is 2. The van der Waals surface area contributed by atoms with Gasteiger partial charge in [0.15, 0.2) is 0 Å². The average molecular weight is 319 g/mol. The molecule has 0 fully saturated rings. The number of carbonyl (C=O) groups excluding carboxylic acids is 1. The van der Waals surface area contributed by atoms with Crippen molar-refractivity contribution in [3.63, 3.8) is 0 Å². The van der Waals surface area contributed by atoms with Crippen molar-refractivity contribution in [2.75, 3.05) is 0 Å². The van der Waals surface area contributed by atoms with E-state index in [4.69, 9.17) is 0 Å². The first-order valence-corrected chi connectivity index (χ1v) is 7.65. The van der Waals surface area contributed by atoms with Crippen molar-refractivity contribution in [3.05, 3.63) is 101 Å². The third-order valence-corrected chi connectivity index (χ3v) is 3.63. The molecule has 2 aromatic heterocycles. The normalized spacial score (nSPS) is 11.7. The third kappa shape index (κ3) is 3.76. The number of amides is 1. The van der Waals surface area contributed by atoms with Crippen LogP contribution in [0.25, 0.3) is 0 Å². The number of carbonyl (C=O) groups is 1. The molecule has 0 saturated carbocycles. The molecule has 0 unspecified atom stereocenters. The highest BCUT2D eigenvalue weighted by molar-refractivity contribution is 5.76. The van der Waals surface area contributed by atoms with Crippen LogP contribution in [0.15, 0.2) is 83.9 Å². The maximum atomic E-state index is 12.4. The maximum absolute atomic E-state index is 12.4. The van der Waals surface area contributed by atoms with Crippen molar-refractivity contribution in [1.82, 2.24) is 14.9 Å². The second kappa shape index (κ2) is 7.37. The van der Waals surface area contributed by atoms with Gasteiger partial charge in [0.1, 0.15) is 6.54 Å². The van der Waals surface area contributed by atoms with Crippen LogP contribution in [0.5, 0.6) is 0 Å². The Balaban J connectivity index is 1.83. The van der Waals surface area contributed by atoms with Gasteiger partial charge in [-0.3, -0.25) is 14.6 Å². The van der Waals surface area contributed by atoms with E-state index >= 15 is 0 Å². The summed E-state index contributed by atoms with van der Waals surface area (Å²) < 4.78 is 1.37. The molecular weight excluding hydrogens is 302 g/mol. The van der Waals surface area contributed by atoms with Crippen LogP contribution in [0.4, 0.5) is 0 Å². The third-order valence-electron chi connectivity index (χ3n) is 3.63. The molecule has 24 heavy (non-hydrogen) atoms. The second-order valence-corrected chi connectivity index (χ2v) is 5.33. The van der Waals surface area contributed by atoms with Crippen molar-refractivity contribution in [2.24, 2.45) is 0 Å². The van der Waals surface area contributed by atoms with E-state index in [1.54, 1.807) is 24.5 Å². The van der Waals surface area contributed by atoms with Gasteiger partial charge in [-0.2, -0.15) is 0 Å².